The average molecular weight is 358 g/mol. The molecule has 1 aromatic carbocycles. The maximum absolute atomic E-state index is 13.1. The molecular formula is C19H22N2O3S. The van der Waals surface area contributed by atoms with Gasteiger partial charge in [0.25, 0.3) is 5.91 Å². The molecule has 1 amide bonds. The van der Waals surface area contributed by atoms with Gasteiger partial charge in [-0.15, -0.1) is 11.3 Å². The van der Waals surface area contributed by atoms with E-state index in [2.05, 4.69) is 4.98 Å². The number of likely N-dealkylation sites (tertiary alicyclic amines) is 1. The van der Waals surface area contributed by atoms with E-state index in [0.717, 1.165) is 10.6 Å². The second-order valence-corrected chi connectivity index (χ2v) is 8.07. The van der Waals surface area contributed by atoms with Crippen molar-refractivity contribution < 1.29 is 14.7 Å². The number of aryl methyl sites for hydroxylation is 1. The van der Waals surface area contributed by atoms with Crippen LogP contribution in [0.15, 0.2) is 30.3 Å². The number of rotatable bonds is 4. The number of hydrogen-bond acceptors (Lipinski definition) is 4. The quantitative estimate of drug-likeness (QED) is 0.905. The predicted molar refractivity (Wildman–Crippen MR) is 97.7 cm³/mol. The molecule has 2 heterocycles. The van der Waals surface area contributed by atoms with Crippen LogP contribution in [0, 0.1) is 18.3 Å². The van der Waals surface area contributed by atoms with Gasteiger partial charge in [0.2, 0.25) is 0 Å². The van der Waals surface area contributed by atoms with Crippen molar-refractivity contribution >= 4 is 23.2 Å². The van der Waals surface area contributed by atoms with E-state index in [1.165, 1.54) is 11.3 Å². The lowest BCUT2D eigenvalue weighted by Crippen LogP contribution is -2.40. The molecule has 1 aromatic heterocycles. The summed E-state index contributed by atoms with van der Waals surface area (Å²) in [5.41, 5.74) is 0.732. The SMILES string of the molecule is Cc1nc(-c2ccccc2)c(C(=O)N2CCC(C(=O)O)(C(C)C)C2)s1. The molecule has 1 atom stereocenters. The molecule has 0 spiro atoms. The molecular weight excluding hydrogens is 336 g/mol. The van der Waals surface area contributed by atoms with E-state index < -0.39 is 11.4 Å². The highest BCUT2D eigenvalue weighted by atomic mass is 32.1. The third-order valence-electron chi connectivity index (χ3n) is 5.09. The Kier molecular flexibility index (Phi) is 4.64. The van der Waals surface area contributed by atoms with Crippen LogP contribution in [0.4, 0.5) is 0 Å². The Hall–Kier alpha value is -2.21. The van der Waals surface area contributed by atoms with Crippen molar-refractivity contribution in [3.8, 4) is 11.3 Å². The lowest BCUT2D eigenvalue weighted by Gasteiger charge is -2.28. The Morgan fingerprint density at radius 3 is 2.52 bits per heavy atom. The minimum atomic E-state index is -0.859. The van der Waals surface area contributed by atoms with Crippen LogP contribution in [0.5, 0.6) is 0 Å². The van der Waals surface area contributed by atoms with Gasteiger partial charge < -0.3 is 10.0 Å². The van der Waals surface area contributed by atoms with Crippen molar-refractivity contribution in [1.82, 2.24) is 9.88 Å². The summed E-state index contributed by atoms with van der Waals surface area (Å²) in [7, 11) is 0. The highest BCUT2D eigenvalue weighted by Gasteiger charge is 2.48. The van der Waals surface area contributed by atoms with Crippen LogP contribution in [-0.2, 0) is 4.79 Å². The molecule has 3 rings (SSSR count). The van der Waals surface area contributed by atoms with Crippen LogP contribution in [-0.4, -0.2) is 40.0 Å². The molecule has 6 heteroatoms. The third-order valence-corrected chi connectivity index (χ3v) is 6.05. The Morgan fingerprint density at radius 2 is 1.96 bits per heavy atom. The number of carboxylic acid groups (broad SMARTS) is 1. The van der Waals surface area contributed by atoms with Crippen molar-refractivity contribution in [3.63, 3.8) is 0 Å². The Labute approximate surface area is 151 Å². The van der Waals surface area contributed by atoms with Gasteiger partial charge in [0.05, 0.1) is 16.1 Å². The van der Waals surface area contributed by atoms with Gasteiger partial charge in [0.1, 0.15) is 4.88 Å². The minimum Gasteiger partial charge on any atom is -0.481 e. The van der Waals surface area contributed by atoms with E-state index in [-0.39, 0.29) is 18.4 Å². The first-order valence-corrected chi connectivity index (χ1v) is 9.22. The zero-order valence-electron chi connectivity index (χ0n) is 14.7. The van der Waals surface area contributed by atoms with Crippen molar-refractivity contribution in [1.29, 1.82) is 0 Å². The summed E-state index contributed by atoms with van der Waals surface area (Å²) in [6.45, 7) is 6.43. The van der Waals surface area contributed by atoms with Crippen molar-refractivity contribution in [2.24, 2.45) is 11.3 Å². The zero-order chi connectivity index (χ0) is 18.2. The van der Waals surface area contributed by atoms with E-state index in [4.69, 9.17) is 0 Å². The number of carbonyl (C=O) groups is 2. The lowest BCUT2D eigenvalue weighted by atomic mass is 9.76. The molecule has 25 heavy (non-hydrogen) atoms. The fourth-order valence-corrected chi connectivity index (χ4v) is 4.32. The summed E-state index contributed by atoms with van der Waals surface area (Å²) in [5.74, 6) is -0.964. The summed E-state index contributed by atoms with van der Waals surface area (Å²) < 4.78 is 0. The molecule has 5 nitrogen and oxygen atoms in total. The normalized spacial score (nSPS) is 20.2. The predicted octanol–water partition coefficient (Wildman–Crippen LogP) is 3.69. The molecule has 1 N–H and O–H groups in total. The number of aliphatic carboxylic acids is 1. The van der Waals surface area contributed by atoms with E-state index in [0.29, 0.717) is 23.5 Å². The number of nitrogens with zero attached hydrogens (tertiary/aromatic N) is 2. The average Bonchev–Trinajstić information content (AvgIpc) is 3.20. The van der Waals surface area contributed by atoms with Gasteiger partial charge in [0, 0.05) is 18.7 Å². The molecule has 2 aromatic rings. The summed E-state index contributed by atoms with van der Waals surface area (Å²) in [5, 5.41) is 10.5. The summed E-state index contributed by atoms with van der Waals surface area (Å²) in [6, 6.07) is 9.63. The number of amides is 1. The van der Waals surface area contributed by atoms with Crippen LogP contribution < -0.4 is 0 Å². The highest BCUT2D eigenvalue weighted by Crippen LogP contribution is 2.40. The van der Waals surface area contributed by atoms with Crippen LogP contribution in [0.1, 0.15) is 34.9 Å². The van der Waals surface area contributed by atoms with Gasteiger partial charge in [-0.1, -0.05) is 44.2 Å². The Balaban J connectivity index is 1.92. The molecule has 0 aliphatic carbocycles. The molecule has 1 fully saturated rings. The number of thiazole rings is 1. The largest absolute Gasteiger partial charge is 0.481 e. The molecule has 132 valence electrons. The van der Waals surface area contributed by atoms with E-state index in [1.807, 2.05) is 51.1 Å². The number of carbonyl (C=O) groups excluding carboxylic acids is 1. The molecule has 1 aliphatic rings. The highest BCUT2D eigenvalue weighted by molar-refractivity contribution is 7.14. The lowest BCUT2D eigenvalue weighted by molar-refractivity contribution is -0.150. The van der Waals surface area contributed by atoms with Crippen LogP contribution in [0.2, 0.25) is 0 Å². The molecule has 1 saturated heterocycles. The van der Waals surface area contributed by atoms with Gasteiger partial charge in [-0.25, -0.2) is 4.98 Å². The van der Waals surface area contributed by atoms with Gasteiger partial charge >= 0.3 is 5.97 Å². The van der Waals surface area contributed by atoms with Crippen LogP contribution >= 0.6 is 11.3 Å². The topological polar surface area (TPSA) is 70.5 Å². The summed E-state index contributed by atoms with van der Waals surface area (Å²) in [4.78, 5) is 31.7. The van der Waals surface area contributed by atoms with Crippen molar-refractivity contribution in [2.45, 2.75) is 27.2 Å². The fraction of sp³-hybridized carbons (Fsp3) is 0.421. The molecule has 1 aliphatic heterocycles. The first-order valence-electron chi connectivity index (χ1n) is 8.40. The van der Waals surface area contributed by atoms with Gasteiger partial charge in [-0.3, -0.25) is 9.59 Å². The Morgan fingerprint density at radius 1 is 1.28 bits per heavy atom. The van der Waals surface area contributed by atoms with E-state index in [1.54, 1.807) is 4.90 Å². The number of aromatic nitrogens is 1. The zero-order valence-corrected chi connectivity index (χ0v) is 15.5. The standard InChI is InChI=1S/C19H22N2O3S/c1-12(2)19(18(23)24)9-10-21(11-19)17(22)16-15(20-13(3)25-16)14-7-5-4-6-8-14/h4-8,12H,9-11H2,1-3H3,(H,23,24). The van der Waals surface area contributed by atoms with E-state index >= 15 is 0 Å². The summed E-state index contributed by atoms with van der Waals surface area (Å²) >= 11 is 1.37. The number of hydrogen-bond donors (Lipinski definition) is 1. The molecule has 1 unspecified atom stereocenters. The van der Waals surface area contributed by atoms with Crippen molar-refractivity contribution in [2.75, 3.05) is 13.1 Å². The van der Waals surface area contributed by atoms with E-state index in [9.17, 15) is 14.7 Å². The monoisotopic (exact) mass is 358 g/mol. The second-order valence-electron chi connectivity index (χ2n) is 6.87. The smallest absolute Gasteiger partial charge is 0.311 e. The van der Waals surface area contributed by atoms with Crippen LogP contribution in [0.3, 0.4) is 0 Å². The maximum Gasteiger partial charge on any atom is 0.311 e. The summed E-state index contributed by atoms with van der Waals surface area (Å²) in [6.07, 6.45) is 0.490. The van der Waals surface area contributed by atoms with Crippen LogP contribution in [0.25, 0.3) is 11.3 Å². The maximum atomic E-state index is 13.1. The van der Waals surface area contributed by atoms with Gasteiger partial charge in [-0.05, 0) is 19.3 Å². The first-order chi connectivity index (χ1) is 11.8. The van der Waals surface area contributed by atoms with Crippen molar-refractivity contribution in [3.05, 3.63) is 40.2 Å². The minimum absolute atomic E-state index is 0.0282. The number of carboxylic acids is 1. The Bertz CT molecular complexity index is 800. The molecule has 0 radical (unpaired) electrons. The number of benzene rings is 1. The fourth-order valence-electron chi connectivity index (χ4n) is 3.41. The second kappa shape index (κ2) is 6.59. The molecule has 0 bridgehead atoms. The first kappa shape index (κ1) is 17.6. The van der Waals surface area contributed by atoms with Gasteiger partial charge in [-0.2, -0.15) is 0 Å². The third kappa shape index (κ3) is 3.06. The molecule has 0 saturated carbocycles. The van der Waals surface area contributed by atoms with Gasteiger partial charge in [0.15, 0.2) is 0 Å².